The van der Waals surface area contributed by atoms with Gasteiger partial charge in [0.15, 0.2) is 4.80 Å². The number of fused-ring (bicyclic) bond motifs is 2. The predicted octanol–water partition coefficient (Wildman–Crippen LogP) is 3.97. The molecule has 0 aliphatic carbocycles. The van der Waals surface area contributed by atoms with Crippen molar-refractivity contribution in [2.24, 2.45) is 4.99 Å². The zero-order chi connectivity index (χ0) is 27.5. The Hall–Kier alpha value is -4.61. The quantitative estimate of drug-likeness (QED) is 0.263. The second-order valence-electron chi connectivity index (χ2n) is 8.77. The molecule has 39 heavy (non-hydrogen) atoms. The molecule has 0 N–H and O–H groups in total. The molecular weight excluding hydrogens is 512 g/mol. The fourth-order valence-electron chi connectivity index (χ4n) is 4.74. The molecule has 1 atom stereocenters. The van der Waals surface area contributed by atoms with E-state index in [9.17, 15) is 9.59 Å². The maximum absolute atomic E-state index is 14.0. The third kappa shape index (κ3) is 4.85. The Morgan fingerprint density at radius 2 is 1.92 bits per heavy atom. The van der Waals surface area contributed by atoms with E-state index in [-0.39, 0.29) is 18.8 Å². The number of carbonyl (C=O) groups is 1. The molecule has 0 amide bonds. The number of methoxy groups -OCH3 is 1. The first-order valence-corrected chi connectivity index (χ1v) is 13.2. The highest BCUT2D eigenvalue weighted by Gasteiger charge is 2.36. The van der Waals surface area contributed by atoms with Gasteiger partial charge in [0, 0.05) is 5.56 Å². The van der Waals surface area contributed by atoms with Gasteiger partial charge in [0.25, 0.3) is 5.56 Å². The van der Waals surface area contributed by atoms with Crippen LogP contribution >= 0.6 is 11.3 Å². The van der Waals surface area contributed by atoms with Crippen LogP contribution in [0.4, 0.5) is 0 Å². The Balaban J connectivity index is 1.75. The van der Waals surface area contributed by atoms with Gasteiger partial charge >= 0.3 is 5.97 Å². The van der Waals surface area contributed by atoms with E-state index in [1.165, 1.54) is 11.3 Å². The Morgan fingerprint density at radius 1 is 1.15 bits per heavy atom. The highest BCUT2D eigenvalue weighted by molar-refractivity contribution is 7.07. The second-order valence-corrected chi connectivity index (χ2v) is 9.78. The van der Waals surface area contributed by atoms with Gasteiger partial charge in [-0.1, -0.05) is 59.7 Å². The van der Waals surface area contributed by atoms with Crippen LogP contribution < -0.4 is 24.4 Å². The number of ether oxygens (including phenoxy) is 3. The molecule has 0 fully saturated rings. The standard InChI is InChI=1S/C31H26N2O5S/c1-5-17-38-22-14-11-20(12-15-22)18-25-29(34)33-28(26(30(35)37-6-2)19(3)32-31(33)39-25)27-23-10-8-7-9-21(23)13-16-24(27)36-4/h1,7-16,18,28H,6,17H2,2-4H3/b25-18-/t28-/m1/s1. The number of allylic oxidation sites excluding steroid dienone is 1. The summed E-state index contributed by atoms with van der Waals surface area (Å²) in [7, 11) is 1.58. The van der Waals surface area contributed by atoms with Crippen LogP contribution in [0, 0.1) is 12.3 Å². The summed E-state index contributed by atoms with van der Waals surface area (Å²) in [6, 6.07) is 18.1. The molecule has 2 heterocycles. The van der Waals surface area contributed by atoms with Crippen LogP contribution in [0.5, 0.6) is 11.5 Å². The van der Waals surface area contributed by atoms with Crippen LogP contribution in [0.2, 0.25) is 0 Å². The number of carbonyl (C=O) groups excluding carboxylic acids is 1. The van der Waals surface area contributed by atoms with Gasteiger partial charge in [0.05, 0.1) is 29.5 Å². The van der Waals surface area contributed by atoms with E-state index >= 15 is 0 Å². The molecule has 5 rings (SSSR count). The topological polar surface area (TPSA) is 79.1 Å². The van der Waals surface area contributed by atoms with Crippen molar-refractivity contribution in [1.82, 2.24) is 4.57 Å². The van der Waals surface area contributed by atoms with Crippen LogP contribution in [0.1, 0.15) is 31.0 Å². The summed E-state index contributed by atoms with van der Waals surface area (Å²) in [6.07, 6.45) is 7.07. The number of hydrogen-bond donors (Lipinski definition) is 0. The average Bonchev–Trinajstić information content (AvgIpc) is 3.25. The number of thiazole rings is 1. The van der Waals surface area contributed by atoms with E-state index in [2.05, 4.69) is 10.9 Å². The number of hydrogen-bond acceptors (Lipinski definition) is 7. The normalized spacial score (nSPS) is 14.9. The third-order valence-electron chi connectivity index (χ3n) is 6.44. The van der Waals surface area contributed by atoms with E-state index in [0.717, 1.165) is 16.3 Å². The summed E-state index contributed by atoms with van der Waals surface area (Å²) in [5.41, 5.74) is 2.06. The molecular formula is C31H26N2O5S. The summed E-state index contributed by atoms with van der Waals surface area (Å²) in [5, 5.41) is 1.83. The second kappa shape index (κ2) is 11.0. The first kappa shape index (κ1) is 26.0. The lowest BCUT2D eigenvalue weighted by Gasteiger charge is -2.27. The zero-order valence-corrected chi connectivity index (χ0v) is 22.6. The number of esters is 1. The lowest BCUT2D eigenvalue weighted by atomic mass is 9.90. The largest absolute Gasteiger partial charge is 0.496 e. The van der Waals surface area contributed by atoms with E-state index in [0.29, 0.717) is 37.7 Å². The molecule has 1 aliphatic heterocycles. The molecule has 7 nitrogen and oxygen atoms in total. The van der Waals surface area contributed by atoms with Crippen LogP contribution in [-0.4, -0.2) is 30.9 Å². The maximum atomic E-state index is 14.0. The number of benzene rings is 3. The molecule has 1 aromatic heterocycles. The monoisotopic (exact) mass is 538 g/mol. The Labute approximate surface area is 229 Å². The lowest BCUT2D eigenvalue weighted by molar-refractivity contribution is -0.139. The molecule has 1 aliphatic rings. The van der Waals surface area contributed by atoms with Crippen LogP contribution in [0.25, 0.3) is 16.8 Å². The van der Waals surface area contributed by atoms with Crippen molar-refractivity contribution in [3.8, 4) is 23.8 Å². The van der Waals surface area contributed by atoms with Gasteiger partial charge in [-0.3, -0.25) is 9.36 Å². The van der Waals surface area contributed by atoms with Crippen molar-refractivity contribution in [1.29, 1.82) is 0 Å². The summed E-state index contributed by atoms with van der Waals surface area (Å²) in [6.45, 7) is 3.89. The zero-order valence-electron chi connectivity index (χ0n) is 21.8. The van der Waals surface area contributed by atoms with E-state index in [1.54, 1.807) is 43.7 Å². The van der Waals surface area contributed by atoms with Crippen molar-refractivity contribution < 1.29 is 19.0 Å². The average molecular weight is 539 g/mol. The molecule has 196 valence electrons. The smallest absolute Gasteiger partial charge is 0.338 e. The van der Waals surface area contributed by atoms with Crippen molar-refractivity contribution in [3.63, 3.8) is 0 Å². The van der Waals surface area contributed by atoms with E-state index in [4.69, 9.17) is 20.6 Å². The molecule has 8 heteroatoms. The highest BCUT2D eigenvalue weighted by Crippen LogP contribution is 2.40. The van der Waals surface area contributed by atoms with Crippen molar-refractivity contribution in [2.75, 3.05) is 20.3 Å². The van der Waals surface area contributed by atoms with E-state index in [1.807, 2.05) is 48.5 Å². The minimum absolute atomic E-state index is 0.178. The van der Waals surface area contributed by atoms with E-state index < -0.39 is 12.0 Å². The van der Waals surface area contributed by atoms with Crippen LogP contribution in [0.3, 0.4) is 0 Å². The Bertz CT molecular complexity index is 1820. The fraction of sp³-hybridized carbons (Fsp3) is 0.194. The van der Waals surface area contributed by atoms with Gasteiger partial charge in [-0.25, -0.2) is 9.79 Å². The SMILES string of the molecule is C#CCOc1ccc(/C=c2\sc3n(c2=O)[C@@H](c2c(OC)ccc4ccccc24)C(C(=O)OCC)=C(C)N=3)cc1. The lowest BCUT2D eigenvalue weighted by Crippen LogP contribution is -2.40. The van der Waals surface area contributed by atoms with Gasteiger partial charge in [-0.15, -0.1) is 6.42 Å². The van der Waals surface area contributed by atoms with Crippen LogP contribution in [-0.2, 0) is 9.53 Å². The number of aromatic nitrogens is 1. The first-order chi connectivity index (χ1) is 19.0. The molecule has 0 unspecified atom stereocenters. The Morgan fingerprint density at radius 3 is 2.64 bits per heavy atom. The summed E-state index contributed by atoms with van der Waals surface area (Å²) in [4.78, 5) is 32.5. The van der Waals surface area contributed by atoms with Gasteiger partial charge in [-0.2, -0.15) is 0 Å². The molecule has 0 radical (unpaired) electrons. The maximum Gasteiger partial charge on any atom is 0.338 e. The minimum atomic E-state index is -0.789. The van der Waals surface area contributed by atoms with Crippen molar-refractivity contribution >= 4 is 34.2 Å². The minimum Gasteiger partial charge on any atom is -0.496 e. The molecule has 0 spiro atoms. The fourth-order valence-corrected chi connectivity index (χ4v) is 5.78. The first-order valence-electron chi connectivity index (χ1n) is 12.4. The summed E-state index contributed by atoms with van der Waals surface area (Å²) >= 11 is 1.27. The molecule has 0 bridgehead atoms. The molecule has 4 aromatic rings. The third-order valence-corrected chi connectivity index (χ3v) is 7.42. The van der Waals surface area contributed by atoms with Crippen molar-refractivity contribution in [2.45, 2.75) is 19.9 Å². The van der Waals surface area contributed by atoms with Gasteiger partial charge in [0.1, 0.15) is 24.1 Å². The van der Waals surface area contributed by atoms with Crippen LogP contribution in [0.15, 0.2) is 81.7 Å². The Kier molecular flexibility index (Phi) is 7.35. The number of nitrogens with zero attached hydrogens (tertiary/aromatic N) is 2. The number of rotatable bonds is 7. The van der Waals surface area contributed by atoms with Gasteiger partial charge in [-0.05, 0) is 54.5 Å². The summed E-state index contributed by atoms with van der Waals surface area (Å²) < 4.78 is 18.7. The highest BCUT2D eigenvalue weighted by atomic mass is 32.1. The molecule has 0 saturated carbocycles. The predicted molar refractivity (Wildman–Crippen MR) is 152 cm³/mol. The molecule has 3 aromatic carbocycles. The molecule has 0 saturated heterocycles. The van der Waals surface area contributed by atoms with Gasteiger partial charge < -0.3 is 14.2 Å². The number of terminal acetylenes is 1. The summed E-state index contributed by atoms with van der Waals surface area (Å²) in [5.74, 6) is 3.12. The van der Waals surface area contributed by atoms with Crippen molar-refractivity contribution in [3.05, 3.63) is 103 Å². The van der Waals surface area contributed by atoms with Gasteiger partial charge in [0.2, 0.25) is 0 Å².